The molecule has 0 radical (unpaired) electrons. The average Bonchev–Trinajstić information content (AvgIpc) is 2.50. The van der Waals surface area contributed by atoms with Crippen LogP contribution in [0.4, 0.5) is 5.69 Å². The van der Waals surface area contributed by atoms with Gasteiger partial charge >= 0.3 is 0 Å². The second-order valence-electron chi connectivity index (χ2n) is 5.38. The molecule has 0 fully saturated rings. The van der Waals surface area contributed by atoms with E-state index in [0.29, 0.717) is 30.8 Å². The van der Waals surface area contributed by atoms with E-state index in [-0.39, 0.29) is 24.8 Å². The highest BCUT2D eigenvalue weighted by Crippen LogP contribution is 2.25. The van der Waals surface area contributed by atoms with Crippen molar-refractivity contribution < 1.29 is 14.7 Å². The summed E-state index contributed by atoms with van der Waals surface area (Å²) in [5.41, 5.74) is 3.02. The van der Waals surface area contributed by atoms with Crippen LogP contribution in [0.5, 0.6) is 0 Å². The van der Waals surface area contributed by atoms with E-state index in [1.54, 1.807) is 0 Å². The number of rotatable bonds is 5. The van der Waals surface area contributed by atoms with E-state index in [4.69, 9.17) is 5.11 Å². The third kappa shape index (κ3) is 3.71. The molecule has 2 amide bonds. The van der Waals surface area contributed by atoms with Gasteiger partial charge in [0.2, 0.25) is 5.91 Å². The molecule has 2 rings (SSSR count). The molecule has 2 N–H and O–H groups in total. The number of benzene rings is 1. The largest absolute Gasteiger partial charge is 0.396 e. The monoisotopic (exact) mass is 303 g/mol. The van der Waals surface area contributed by atoms with Crippen molar-refractivity contribution in [3.63, 3.8) is 0 Å². The minimum Gasteiger partial charge on any atom is -0.396 e. The Labute approximate surface area is 129 Å². The van der Waals surface area contributed by atoms with Gasteiger partial charge in [-0.05, 0) is 37.5 Å². The van der Waals surface area contributed by atoms with E-state index >= 15 is 0 Å². The summed E-state index contributed by atoms with van der Waals surface area (Å²) >= 11 is 0. The molecule has 1 aliphatic heterocycles. The van der Waals surface area contributed by atoms with Gasteiger partial charge in [-0.25, -0.2) is 5.01 Å². The van der Waals surface area contributed by atoms with Gasteiger partial charge < -0.3 is 10.4 Å². The van der Waals surface area contributed by atoms with Crippen LogP contribution in [0, 0.1) is 13.8 Å². The van der Waals surface area contributed by atoms with Crippen LogP contribution in [0.2, 0.25) is 0 Å². The van der Waals surface area contributed by atoms with E-state index in [1.165, 1.54) is 5.01 Å². The maximum atomic E-state index is 12.1. The molecule has 1 aromatic rings. The fourth-order valence-corrected chi connectivity index (χ4v) is 2.24. The highest BCUT2D eigenvalue weighted by molar-refractivity contribution is 6.40. The van der Waals surface area contributed by atoms with Gasteiger partial charge in [-0.3, -0.25) is 9.59 Å². The van der Waals surface area contributed by atoms with Gasteiger partial charge in [0.05, 0.1) is 5.69 Å². The number of hydrogen-bond acceptors (Lipinski definition) is 4. The fraction of sp³-hybridized carbons (Fsp3) is 0.438. The first-order valence-electron chi connectivity index (χ1n) is 7.39. The van der Waals surface area contributed by atoms with E-state index in [2.05, 4.69) is 10.4 Å². The van der Waals surface area contributed by atoms with E-state index < -0.39 is 0 Å². The summed E-state index contributed by atoms with van der Waals surface area (Å²) < 4.78 is 0. The second-order valence-corrected chi connectivity index (χ2v) is 5.38. The van der Waals surface area contributed by atoms with E-state index in [1.807, 2.05) is 32.0 Å². The van der Waals surface area contributed by atoms with Crippen LogP contribution in [-0.4, -0.2) is 35.8 Å². The van der Waals surface area contributed by atoms with Gasteiger partial charge in [0.1, 0.15) is 5.71 Å². The number of aryl methyl sites for hydroxylation is 2. The molecule has 0 aliphatic carbocycles. The third-order valence-corrected chi connectivity index (χ3v) is 3.51. The molecule has 1 heterocycles. The summed E-state index contributed by atoms with van der Waals surface area (Å²) in [6, 6.07) is 5.80. The minimum absolute atomic E-state index is 0.0276. The van der Waals surface area contributed by atoms with Crippen LogP contribution in [0.3, 0.4) is 0 Å². The zero-order chi connectivity index (χ0) is 16.1. The van der Waals surface area contributed by atoms with Gasteiger partial charge in [-0.15, -0.1) is 0 Å². The molecule has 0 atom stereocenters. The lowest BCUT2D eigenvalue weighted by atomic mass is 10.1. The molecular formula is C16H21N3O3. The summed E-state index contributed by atoms with van der Waals surface area (Å²) in [4.78, 5) is 24.2. The Kier molecular flexibility index (Phi) is 5.27. The predicted molar refractivity (Wildman–Crippen MR) is 84.8 cm³/mol. The Morgan fingerprint density at radius 2 is 2.14 bits per heavy atom. The number of nitrogens with one attached hydrogen (secondary N) is 1. The molecule has 0 unspecified atom stereocenters. The van der Waals surface area contributed by atoms with Crippen LogP contribution in [-0.2, 0) is 9.59 Å². The van der Waals surface area contributed by atoms with Crippen LogP contribution >= 0.6 is 0 Å². The Morgan fingerprint density at radius 3 is 2.86 bits per heavy atom. The van der Waals surface area contributed by atoms with Crippen molar-refractivity contribution in [1.82, 2.24) is 5.32 Å². The SMILES string of the molecule is Cc1ccc(C)c(N2N=C(C(=O)NCCCO)CCC2=O)c1. The number of nitrogens with zero attached hydrogens (tertiary/aromatic N) is 2. The maximum absolute atomic E-state index is 12.1. The van der Waals surface area contributed by atoms with Gasteiger partial charge in [-0.1, -0.05) is 12.1 Å². The Bertz CT molecular complexity index is 611. The number of anilines is 1. The molecule has 0 bridgehead atoms. The highest BCUT2D eigenvalue weighted by Gasteiger charge is 2.26. The van der Waals surface area contributed by atoms with Crippen molar-refractivity contribution in [2.45, 2.75) is 33.1 Å². The molecular weight excluding hydrogens is 282 g/mol. The molecule has 6 heteroatoms. The average molecular weight is 303 g/mol. The first-order valence-corrected chi connectivity index (χ1v) is 7.39. The number of amides is 2. The first kappa shape index (κ1) is 16.2. The predicted octanol–water partition coefficient (Wildman–Crippen LogP) is 1.28. The normalized spacial score (nSPS) is 14.8. The number of carbonyl (C=O) groups is 2. The molecule has 118 valence electrons. The third-order valence-electron chi connectivity index (χ3n) is 3.51. The molecule has 0 spiro atoms. The van der Waals surface area contributed by atoms with Crippen molar-refractivity contribution in [2.75, 3.05) is 18.2 Å². The van der Waals surface area contributed by atoms with Crippen molar-refractivity contribution in [3.8, 4) is 0 Å². The van der Waals surface area contributed by atoms with Crippen molar-refractivity contribution in [1.29, 1.82) is 0 Å². The summed E-state index contributed by atoms with van der Waals surface area (Å²) in [6.07, 6.45) is 1.10. The summed E-state index contributed by atoms with van der Waals surface area (Å²) in [5, 5.41) is 17.0. The van der Waals surface area contributed by atoms with Crippen LogP contribution < -0.4 is 10.3 Å². The molecule has 1 aromatic carbocycles. The van der Waals surface area contributed by atoms with Crippen molar-refractivity contribution in [3.05, 3.63) is 29.3 Å². The topological polar surface area (TPSA) is 82.0 Å². The Balaban J connectivity index is 2.22. The second kappa shape index (κ2) is 7.17. The number of aliphatic hydroxyl groups excluding tert-OH is 1. The van der Waals surface area contributed by atoms with Crippen LogP contribution in [0.1, 0.15) is 30.4 Å². The van der Waals surface area contributed by atoms with Crippen LogP contribution in [0.15, 0.2) is 23.3 Å². The molecule has 22 heavy (non-hydrogen) atoms. The van der Waals surface area contributed by atoms with E-state index in [0.717, 1.165) is 11.1 Å². The summed E-state index contributed by atoms with van der Waals surface area (Å²) in [5.74, 6) is -0.392. The van der Waals surface area contributed by atoms with Gasteiger partial charge in [0, 0.05) is 26.0 Å². The summed E-state index contributed by atoms with van der Waals surface area (Å²) in [6.45, 7) is 4.28. The smallest absolute Gasteiger partial charge is 0.267 e. The Morgan fingerprint density at radius 1 is 1.36 bits per heavy atom. The lowest BCUT2D eigenvalue weighted by Gasteiger charge is -2.24. The number of hydrazone groups is 1. The summed E-state index contributed by atoms with van der Waals surface area (Å²) in [7, 11) is 0. The molecule has 1 aliphatic rings. The fourth-order valence-electron chi connectivity index (χ4n) is 2.24. The number of hydrogen-bond donors (Lipinski definition) is 2. The maximum Gasteiger partial charge on any atom is 0.267 e. The minimum atomic E-state index is -0.281. The lowest BCUT2D eigenvalue weighted by Crippen LogP contribution is -2.39. The number of carbonyl (C=O) groups excluding carboxylic acids is 2. The number of aliphatic hydroxyl groups is 1. The van der Waals surface area contributed by atoms with E-state index in [9.17, 15) is 9.59 Å². The lowest BCUT2D eigenvalue weighted by molar-refractivity contribution is -0.118. The first-order chi connectivity index (χ1) is 10.5. The highest BCUT2D eigenvalue weighted by atomic mass is 16.3. The molecule has 0 saturated heterocycles. The Hall–Kier alpha value is -2.21. The standard InChI is InChI=1S/C16H21N3O3/c1-11-4-5-12(2)14(10-11)19-15(21)7-6-13(18-19)16(22)17-8-3-9-20/h4-5,10,20H,3,6-9H2,1-2H3,(H,17,22). The van der Waals surface area contributed by atoms with Crippen molar-refractivity contribution in [2.24, 2.45) is 5.10 Å². The van der Waals surface area contributed by atoms with Crippen molar-refractivity contribution >= 4 is 23.2 Å². The van der Waals surface area contributed by atoms with Crippen LogP contribution in [0.25, 0.3) is 0 Å². The van der Waals surface area contributed by atoms with Gasteiger partial charge in [-0.2, -0.15) is 5.10 Å². The molecule has 6 nitrogen and oxygen atoms in total. The van der Waals surface area contributed by atoms with Gasteiger partial charge in [0.15, 0.2) is 0 Å². The molecule has 0 aromatic heterocycles. The zero-order valence-electron chi connectivity index (χ0n) is 12.9. The quantitative estimate of drug-likeness (QED) is 0.804. The molecule has 0 saturated carbocycles. The zero-order valence-corrected chi connectivity index (χ0v) is 12.9. The van der Waals surface area contributed by atoms with Gasteiger partial charge in [0.25, 0.3) is 5.91 Å².